The first kappa shape index (κ1) is 18.3. The fourth-order valence-electron chi connectivity index (χ4n) is 7.61. The molecule has 0 N–H and O–H groups in total. The summed E-state index contributed by atoms with van der Waals surface area (Å²) in [5.74, 6) is 0. The summed E-state index contributed by atoms with van der Waals surface area (Å²) in [6.45, 7) is 0. The number of hydrogen-bond acceptors (Lipinski definition) is 0. The lowest BCUT2D eigenvalue weighted by molar-refractivity contribution is 1.58. The summed E-state index contributed by atoms with van der Waals surface area (Å²) in [6.07, 6.45) is 0. The van der Waals surface area contributed by atoms with E-state index in [1.807, 2.05) is 97.1 Å². The number of rotatable bonds is 4. The van der Waals surface area contributed by atoms with Gasteiger partial charge in [0.2, 0.25) is 0 Å². The van der Waals surface area contributed by atoms with Crippen LogP contribution in [0.4, 0.5) is 0 Å². The molecule has 0 nitrogen and oxygen atoms in total. The van der Waals surface area contributed by atoms with Gasteiger partial charge in [-0.25, -0.2) is 0 Å². The van der Waals surface area contributed by atoms with Crippen LogP contribution in [-0.4, -0.2) is 0 Å². The maximum absolute atomic E-state index is 9.23. The van der Waals surface area contributed by atoms with Crippen LogP contribution in [0.15, 0.2) is 182 Å². The highest BCUT2D eigenvalue weighted by Gasteiger charge is 2.14. The van der Waals surface area contributed by atoms with Crippen molar-refractivity contribution in [2.24, 2.45) is 0 Å². The molecule has 0 aromatic heterocycles. The Morgan fingerprint density at radius 3 is 0.840 bits per heavy atom. The minimum atomic E-state index is -0.704. The minimum absolute atomic E-state index is 0.0296. The zero-order valence-corrected chi connectivity index (χ0v) is 26.4. The highest BCUT2D eigenvalue weighted by atomic mass is 14.2. The molecule has 11 aromatic rings. The Bertz CT molecular complexity index is 3410. The Hall–Kier alpha value is -6.50. The SMILES string of the molecule is [2H]c1c([2H])c(-c2c([2H])c([2H])c(-c3ccc4ccc5cccc6ccc3c4c56)c([2H])c2[2H])c([2H])c([2H])c1-c1c([2H])c([2H])c(-c2ccc3ccc4cccc5ccc2c3c45)c([2H])c1[2H]. The van der Waals surface area contributed by atoms with Crippen molar-refractivity contribution < 1.29 is 16.4 Å². The van der Waals surface area contributed by atoms with Crippen LogP contribution in [0.1, 0.15) is 16.4 Å². The molecule has 0 aliphatic carbocycles. The smallest absolute Gasteiger partial charge is 0.0610 e. The lowest BCUT2D eigenvalue weighted by Crippen LogP contribution is -1.88. The van der Waals surface area contributed by atoms with Crippen LogP contribution in [0.3, 0.4) is 0 Å². The summed E-state index contributed by atoms with van der Waals surface area (Å²) in [6, 6.07) is 28.4. The number of benzene rings is 11. The summed E-state index contributed by atoms with van der Waals surface area (Å²) in [5, 5.41) is 11.3. The molecule has 50 heavy (non-hydrogen) atoms. The van der Waals surface area contributed by atoms with Gasteiger partial charge in [0.25, 0.3) is 0 Å². The molecule has 0 radical (unpaired) electrons. The lowest BCUT2D eigenvalue weighted by Gasteiger charge is -2.14. The van der Waals surface area contributed by atoms with Gasteiger partial charge in [0.1, 0.15) is 0 Å². The van der Waals surface area contributed by atoms with Gasteiger partial charge in [-0.2, -0.15) is 0 Å². The van der Waals surface area contributed by atoms with E-state index in [4.69, 9.17) is 5.48 Å². The third-order valence-corrected chi connectivity index (χ3v) is 9.97. The molecule has 230 valence electrons. The average molecular weight is 643 g/mol. The summed E-state index contributed by atoms with van der Waals surface area (Å²) in [7, 11) is 0. The molecule has 0 saturated carbocycles. The molecule has 0 amide bonds. The predicted molar refractivity (Wildman–Crippen MR) is 216 cm³/mol. The Kier molecular flexibility index (Phi) is 3.85. The van der Waals surface area contributed by atoms with E-state index < -0.39 is 94.8 Å². The van der Waals surface area contributed by atoms with E-state index in [1.54, 1.807) is 12.1 Å². The Morgan fingerprint density at radius 1 is 0.240 bits per heavy atom. The molecule has 11 aromatic carbocycles. The van der Waals surface area contributed by atoms with E-state index in [2.05, 4.69) is 0 Å². The van der Waals surface area contributed by atoms with Gasteiger partial charge in [-0.05, 0) is 109 Å². The highest BCUT2D eigenvalue weighted by Crippen LogP contribution is 2.41. The van der Waals surface area contributed by atoms with Crippen molar-refractivity contribution in [2.75, 3.05) is 0 Å². The van der Waals surface area contributed by atoms with Crippen molar-refractivity contribution in [1.29, 1.82) is 0 Å². The second-order valence-corrected chi connectivity index (χ2v) is 12.7. The van der Waals surface area contributed by atoms with Crippen LogP contribution >= 0.6 is 0 Å². The molecule has 0 aliphatic heterocycles. The van der Waals surface area contributed by atoms with Crippen molar-refractivity contribution in [1.82, 2.24) is 0 Å². The second kappa shape index (κ2) is 10.5. The lowest BCUT2D eigenvalue weighted by atomic mass is 9.89. The van der Waals surface area contributed by atoms with Gasteiger partial charge in [0, 0.05) is 0 Å². The standard InChI is InChI=1S/C50H30/c1-3-37-19-21-41-23-27-43(45-29-25-39(5-1)47(37)49(41)45)35-15-11-33(12-16-35)31-7-9-32(10-8-31)34-13-17-36(18-14-34)44-28-24-42-22-20-38-4-2-6-40-26-30-46(44)50(42)48(38)40/h1-30H/i7D,8D,9D,10D,11D,12D,13D,14D,15D,16D,17D,18D. The molecular formula is C50H30. The van der Waals surface area contributed by atoms with Crippen molar-refractivity contribution in [2.45, 2.75) is 0 Å². The molecular weight excluding hydrogens is 601 g/mol. The molecule has 0 saturated heterocycles. The van der Waals surface area contributed by atoms with Gasteiger partial charge >= 0.3 is 0 Å². The highest BCUT2D eigenvalue weighted by molar-refractivity contribution is 6.26. The van der Waals surface area contributed by atoms with Crippen LogP contribution in [0, 0.1) is 0 Å². The molecule has 0 spiro atoms. The van der Waals surface area contributed by atoms with E-state index in [9.17, 15) is 11.0 Å². The topological polar surface area (TPSA) is 0 Å². The first-order chi connectivity index (χ1) is 29.8. The third kappa shape index (κ3) is 4.06. The maximum atomic E-state index is 9.23. The third-order valence-electron chi connectivity index (χ3n) is 9.97. The van der Waals surface area contributed by atoms with Gasteiger partial charge in [0.15, 0.2) is 0 Å². The molecule has 11 rings (SSSR count). The Balaban J connectivity index is 1.08. The van der Waals surface area contributed by atoms with E-state index in [0.29, 0.717) is 11.1 Å². The van der Waals surface area contributed by atoms with Crippen molar-refractivity contribution in [3.8, 4) is 44.5 Å². The van der Waals surface area contributed by atoms with E-state index in [0.717, 1.165) is 64.6 Å². The normalized spacial score (nSPS) is 15.4. The maximum Gasteiger partial charge on any atom is 0.0629 e. The zero-order chi connectivity index (χ0) is 43.2. The molecule has 0 heteroatoms. The second-order valence-electron chi connectivity index (χ2n) is 12.7. The molecule has 0 unspecified atom stereocenters. The van der Waals surface area contributed by atoms with E-state index in [-0.39, 0.29) is 11.1 Å². The predicted octanol–water partition coefficient (Wildman–Crippen LogP) is 14.1. The molecule has 0 heterocycles. The summed E-state index contributed by atoms with van der Waals surface area (Å²) in [4.78, 5) is 0. The van der Waals surface area contributed by atoms with Crippen LogP contribution in [-0.2, 0) is 0 Å². The zero-order valence-electron chi connectivity index (χ0n) is 38.4. The summed E-state index contributed by atoms with van der Waals surface area (Å²) < 4.78 is 110. The first-order valence-corrected chi connectivity index (χ1v) is 16.5. The van der Waals surface area contributed by atoms with Crippen molar-refractivity contribution in [3.05, 3.63) is 182 Å². The van der Waals surface area contributed by atoms with Crippen molar-refractivity contribution >= 4 is 64.6 Å². The summed E-state index contributed by atoms with van der Waals surface area (Å²) >= 11 is 0. The van der Waals surface area contributed by atoms with Crippen LogP contribution < -0.4 is 0 Å². The molecule has 0 bridgehead atoms. The largest absolute Gasteiger partial charge is 0.0629 e. The number of hydrogen-bond donors (Lipinski definition) is 0. The van der Waals surface area contributed by atoms with Crippen LogP contribution in [0.5, 0.6) is 0 Å². The van der Waals surface area contributed by atoms with E-state index >= 15 is 0 Å². The quantitative estimate of drug-likeness (QED) is 0.168. The minimum Gasteiger partial charge on any atom is -0.0610 e. The van der Waals surface area contributed by atoms with Gasteiger partial charge in [-0.1, -0.05) is 182 Å². The van der Waals surface area contributed by atoms with Gasteiger partial charge in [0.05, 0.1) is 16.4 Å². The van der Waals surface area contributed by atoms with Gasteiger partial charge < -0.3 is 0 Å². The Morgan fingerprint density at radius 2 is 0.500 bits per heavy atom. The van der Waals surface area contributed by atoms with Crippen LogP contribution in [0.2, 0.25) is 0 Å². The Labute approximate surface area is 307 Å². The molecule has 0 fully saturated rings. The first-order valence-electron chi connectivity index (χ1n) is 22.5. The molecule has 0 aliphatic rings. The summed E-state index contributed by atoms with van der Waals surface area (Å²) in [5.41, 5.74) is -0.774. The van der Waals surface area contributed by atoms with E-state index in [1.165, 1.54) is 0 Å². The molecule has 0 atom stereocenters. The fourth-order valence-corrected chi connectivity index (χ4v) is 7.61. The van der Waals surface area contributed by atoms with Gasteiger partial charge in [-0.3, -0.25) is 0 Å². The average Bonchev–Trinajstić information content (AvgIpc) is 3.28. The van der Waals surface area contributed by atoms with Crippen LogP contribution in [0.25, 0.3) is 109 Å². The van der Waals surface area contributed by atoms with Crippen molar-refractivity contribution in [3.63, 3.8) is 0 Å². The monoisotopic (exact) mass is 642 g/mol. The van der Waals surface area contributed by atoms with Gasteiger partial charge in [-0.15, -0.1) is 0 Å². The fraction of sp³-hybridized carbons (Fsp3) is 0.